The van der Waals surface area contributed by atoms with Crippen molar-refractivity contribution in [2.75, 3.05) is 32.4 Å². The average molecular weight is 438 g/mol. The van der Waals surface area contributed by atoms with Crippen LogP contribution in [0.1, 0.15) is 37.9 Å². The van der Waals surface area contributed by atoms with Crippen molar-refractivity contribution in [3.05, 3.63) is 29.3 Å². The summed E-state index contributed by atoms with van der Waals surface area (Å²) in [6.45, 7) is 6.38. The quantitative estimate of drug-likeness (QED) is 0.667. The van der Waals surface area contributed by atoms with E-state index in [1.165, 1.54) is 0 Å². The van der Waals surface area contributed by atoms with Crippen LogP contribution in [0.25, 0.3) is 0 Å². The minimum absolute atomic E-state index is 0.0786. The molecule has 30 heavy (non-hydrogen) atoms. The molecular weight excluding hydrogens is 410 g/mol. The zero-order valence-electron chi connectivity index (χ0n) is 17.5. The van der Waals surface area contributed by atoms with Crippen molar-refractivity contribution in [1.29, 1.82) is 5.26 Å². The van der Waals surface area contributed by atoms with Gasteiger partial charge in [0, 0.05) is 25.2 Å². The van der Waals surface area contributed by atoms with Gasteiger partial charge in [-0.2, -0.15) is 13.7 Å². The summed E-state index contributed by atoms with van der Waals surface area (Å²) in [7, 11) is -3.57. The van der Waals surface area contributed by atoms with Gasteiger partial charge in [-0.05, 0) is 39.0 Å². The molecule has 2 aliphatic rings. The van der Waals surface area contributed by atoms with E-state index < -0.39 is 34.0 Å². The monoisotopic (exact) mass is 437 g/mol. The zero-order chi connectivity index (χ0) is 22.3. The molecule has 1 aromatic rings. The SMILES string of the molecule is CC(CN1CCN([C@@H]2c3cc(C#N)ccc3OC(C)(C)[C@H]2O)C(=O)C1)OS(C)(=O)=O. The van der Waals surface area contributed by atoms with Gasteiger partial charge >= 0.3 is 0 Å². The Labute approximate surface area is 176 Å². The fraction of sp³-hybridized carbons (Fsp3) is 0.600. The summed E-state index contributed by atoms with van der Waals surface area (Å²) in [5.41, 5.74) is 0.115. The summed E-state index contributed by atoms with van der Waals surface area (Å²) in [4.78, 5) is 16.4. The van der Waals surface area contributed by atoms with E-state index in [4.69, 9.17) is 8.92 Å². The Hall–Kier alpha value is -2.19. The van der Waals surface area contributed by atoms with E-state index in [-0.39, 0.29) is 12.5 Å². The van der Waals surface area contributed by atoms with Crippen LogP contribution in [-0.4, -0.2) is 79.5 Å². The van der Waals surface area contributed by atoms with E-state index in [0.29, 0.717) is 36.5 Å². The number of amides is 1. The first-order chi connectivity index (χ1) is 13.9. The highest BCUT2D eigenvalue weighted by molar-refractivity contribution is 7.86. The van der Waals surface area contributed by atoms with Crippen LogP contribution in [0.4, 0.5) is 0 Å². The third-order valence-electron chi connectivity index (χ3n) is 5.37. The first-order valence-corrected chi connectivity index (χ1v) is 11.5. The summed E-state index contributed by atoms with van der Waals surface area (Å²) in [6.07, 6.45) is -0.568. The van der Waals surface area contributed by atoms with E-state index in [1.807, 2.05) is 4.90 Å². The van der Waals surface area contributed by atoms with Crippen molar-refractivity contribution >= 4 is 16.0 Å². The molecule has 1 aromatic carbocycles. The van der Waals surface area contributed by atoms with Crippen LogP contribution in [0.15, 0.2) is 18.2 Å². The molecule has 0 aliphatic carbocycles. The van der Waals surface area contributed by atoms with Crippen LogP contribution in [0.5, 0.6) is 5.75 Å². The Morgan fingerprint density at radius 3 is 2.70 bits per heavy atom. The Kier molecular flexibility index (Phi) is 6.11. The highest BCUT2D eigenvalue weighted by Gasteiger charge is 2.47. The number of aliphatic hydroxyl groups excluding tert-OH is 1. The smallest absolute Gasteiger partial charge is 0.264 e. The highest BCUT2D eigenvalue weighted by Crippen LogP contribution is 2.43. The van der Waals surface area contributed by atoms with Gasteiger partial charge in [0.1, 0.15) is 17.5 Å². The summed E-state index contributed by atoms with van der Waals surface area (Å²) in [5.74, 6) is 0.350. The Balaban J connectivity index is 1.81. The molecule has 3 rings (SSSR count). The second-order valence-electron chi connectivity index (χ2n) is 8.39. The van der Waals surface area contributed by atoms with E-state index in [1.54, 1.807) is 43.9 Å². The average Bonchev–Trinajstić information content (AvgIpc) is 2.62. The van der Waals surface area contributed by atoms with Crippen LogP contribution in [-0.2, 0) is 19.1 Å². The van der Waals surface area contributed by atoms with E-state index in [0.717, 1.165) is 6.26 Å². The summed E-state index contributed by atoms with van der Waals surface area (Å²) >= 11 is 0. The van der Waals surface area contributed by atoms with Gasteiger partial charge < -0.3 is 14.7 Å². The molecule has 2 aliphatic heterocycles. The van der Waals surface area contributed by atoms with E-state index in [2.05, 4.69) is 6.07 Å². The van der Waals surface area contributed by atoms with Gasteiger partial charge in [0.2, 0.25) is 5.91 Å². The number of ether oxygens (including phenoxy) is 1. The molecule has 1 unspecified atom stereocenters. The standard InChI is InChI=1S/C20H27N3O6S/c1-13(29-30(4,26)27)11-22-7-8-23(17(24)12-22)18-15-9-14(10-21)5-6-16(15)28-20(2,3)19(18)25/h5-6,9,13,18-19,25H,7-8,11-12H2,1-4H3/t13?,18-,19+/m1/s1. The molecule has 0 saturated carbocycles. The Morgan fingerprint density at radius 1 is 1.40 bits per heavy atom. The minimum Gasteiger partial charge on any atom is -0.485 e. The number of piperazine rings is 1. The lowest BCUT2D eigenvalue weighted by Crippen LogP contribution is -2.59. The largest absolute Gasteiger partial charge is 0.485 e. The van der Waals surface area contributed by atoms with Gasteiger partial charge in [-0.1, -0.05) is 0 Å². The predicted octanol–water partition coefficient (Wildman–Crippen LogP) is 0.640. The molecule has 0 bridgehead atoms. The molecule has 164 valence electrons. The lowest BCUT2D eigenvalue weighted by atomic mass is 9.84. The lowest BCUT2D eigenvalue weighted by molar-refractivity contribution is -0.150. The first-order valence-electron chi connectivity index (χ1n) is 9.72. The molecule has 0 aromatic heterocycles. The van der Waals surface area contributed by atoms with Crippen molar-refractivity contribution in [2.24, 2.45) is 0 Å². The van der Waals surface area contributed by atoms with Gasteiger partial charge in [0.25, 0.3) is 10.1 Å². The summed E-state index contributed by atoms with van der Waals surface area (Å²) < 4.78 is 33.5. The van der Waals surface area contributed by atoms with Crippen molar-refractivity contribution in [3.8, 4) is 11.8 Å². The topological polar surface area (TPSA) is 120 Å². The van der Waals surface area contributed by atoms with Crippen molar-refractivity contribution in [3.63, 3.8) is 0 Å². The number of nitriles is 1. The van der Waals surface area contributed by atoms with E-state index in [9.17, 15) is 23.6 Å². The molecule has 0 radical (unpaired) electrons. The summed E-state index contributed by atoms with van der Waals surface area (Å²) in [6, 6.07) is 6.43. The Bertz CT molecular complexity index is 971. The maximum absolute atomic E-state index is 13.0. The maximum atomic E-state index is 13.0. The van der Waals surface area contributed by atoms with Crippen LogP contribution in [0.3, 0.4) is 0 Å². The molecule has 1 saturated heterocycles. The second kappa shape index (κ2) is 8.15. The van der Waals surface area contributed by atoms with Gasteiger partial charge in [0.15, 0.2) is 0 Å². The van der Waals surface area contributed by atoms with Crippen molar-refractivity contribution in [2.45, 2.75) is 44.6 Å². The number of carbonyl (C=O) groups excluding carboxylic acids is 1. The van der Waals surface area contributed by atoms with Gasteiger partial charge in [-0.15, -0.1) is 0 Å². The van der Waals surface area contributed by atoms with Crippen molar-refractivity contribution in [1.82, 2.24) is 9.80 Å². The van der Waals surface area contributed by atoms with Crippen LogP contribution < -0.4 is 4.74 Å². The molecule has 2 heterocycles. The predicted molar refractivity (Wildman–Crippen MR) is 108 cm³/mol. The molecule has 9 nitrogen and oxygen atoms in total. The number of rotatable bonds is 5. The number of fused-ring (bicyclic) bond motifs is 1. The number of nitrogens with zero attached hydrogens (tertiary/aromatic N) is 3. The van der Waals surface area contributed by atoms with Gasteiger partial charge in [-0.3, -0.25) is 13.9 Å². The van der Waals surface area contributed by atoms with Crippen molar-refractivity contribution < 1.29 is 27.2 Å². The highest BCUT2D eigenvalue weighted by atomic mass is 32.2. The maximum Gasteiger partial charge on any atom is 0.264 e. The molecule has 1 fully saturated rings. The number of carbonyl (C=O) groups is 1. The summed E-state index contributed by atoms with van der Waals surface area (Å²) in [5, 5.41) is 20.3. The second-order valence-corrected chi connectivity index (χ2v) is 9.99. The fourth-order valence-electron chi connectivity index (χ4n) is 4.05. The number of aliphatic hydroxyl groups is 1. The van der Waals surface area contributed by atoms with Gasteiger partial charge in [0.05, 0.1) is 36.6 Å². The number of hydrogen-bond acceptors (Lipinski definition) is 8. The molecule has 1 amide bonds. The third-order valence-corrected chi connectivity index (χ3v) is 6.05. The van der Waals surface area contributed by atoms with Crippen LogP contribution in [0, 0.1) is 11.3 Å². The minimum atomic E-state index is -3.57. The number of hydrogen-bond donors (Lipinski definition) is 1. The molecule has 0 spiro atoms. The van der Waals surface area contributed by atoms with Gasteiger partial charge in [-0.25, -0.2) is 0 Å². The lowest BCUT2D eigenvalue weighted by Gasteiger charge is -2.48. The molecule has 3 atom stereocenters. The number of benzene rings is 1. The molecule has 10 heteroatoms. The Morgan fingerprint density at radius 2 is 2.10 bits per heavy atom. The van der Waals surface area contributed by atoms with E-state index >= 15 is 0 Å². The third kappa shape index (κ3) is 4.75. The molecule has 1 N–H and O–H groups in total. The first kappa shape index (κ1) is 22.5. The molecular formula is C20H27N3O6S. The van der Waals surface area contributed by atoms with Crippen LogP contribution in [0.2, 0.25) is 0 Å². The zero-order valence-corrected chi connectivity index (χ0v) is 18.3. The fourth-order valence-corrected chi connectivity index (χ4v) is 4.71. The van der Waals surface area contributed by atoms with Crippen LogP contribution >= 0.6 is 0 Å². The normalized spacial score (nSPS) is 25.2.